The van der Waals surface area contributed by atoms with E-state index in [0.29, 0.717) is 5.02 Å². The van der Waals surface area contributed by atoms with Crippen molar-refractivity contribution in [3.05, 3.63) is 62.7 Å². The molecular formula is C16H16ClN3O3. The Bertz CT molecular complexity index is 762. The molecule has 0 aliphatic rings. The van der Waals surface area contributed by atoms with Gasteiger partial charge in [-0.1, -0.05) is 23.7 Å². The lowest BCUT2D eigenvalue weighted by atomic mass is 10.2. The highest BCUT2D eigenvalue weighted by molar-refractivity contribution is 6.30. The molecule has 0 heterocycles. The molecule has 2 aromatic rings. The van der Waals surface area contributed by atoms with Gasteiger partial charge in [-0.15, -0.1) is 0 Å². The number of hydrogen-bond donors (Lipinski definition) is 2. The monoisotopic (exact) mass is 333 g/mol. The van der Waals surface area contributed by atoms with Crippen LogP contribution in [0.5, 0.6) is 0 Å². The number of halogens is 1. The summed E-state index contributed by atoms with van der Waals surface area (Å²) in [5, 5.41) is 17.1. The fraction of sp³-hybridized carbons (Fsp3) is 0.188. The molecule has 0 spiro atoms. The Labute approximate surface area is 138 Å². The smallest absolute Gasteiger partial charge is 0.293 e. The molecule has 23 heavy (non-hydrogen) atoms. The average molecular weight is 334 g/mol. The van der Waals surface area contributed by atoms with Gasteiger partial charge in [0.2, 0.25) is 5.91 Å². The van der Waals surface area contributed by atoms with Gasteiger partial charge in [0.1, 0.15) is 5.69 Å². The van der Waals surface area contributed by atoms with Gasteiger partial charge in [0, 0.05) is 16.8 Å². The lowest BCUT2D eigenvalue weighted by Gasteiger charge is -2.11. The predicted octanol–water partition coefficient (Wildman–Crippen LogP) is 3.92. The van der Waals surface area contributed by atoms with Crippen molar-refractivity contribution in [2.45, 2.75) is 13.8 Å². The number of amides is 1. The fourth-order valence-electron chi connectivity index (χ4n) is 2.05. The first kappa shape index (κ1) is 16.8. The van der Waals surface area contributed by atoms with Crippen LogP contribution in [0, 0.1) is 24.0 Å². The Hall–Kier alpha value is -2.60. The minimum absolute atomic E-state index is 0.0216. The number of nitro benzene ring substituents is 1. The summed E-state index contributed by atoms with van der Waals surface area (Å²) in [6.45, 7) is 3.62. The van der Waals surface area contributed by atoms with E-state index in [4.69, 9.17) is 11.6 Å². The molecule has 120 valence electrons. The average Bonchev–Trinajstić information content (AvgIpc) is 2.49. The minimum Gasteiger partial charge on any atom is -0.376 e. The summed E-state index contributed by atoms with van der Waals surface area (Å²) in [5.41, 5.74) is 2.49. The van der Waals surface area contributed by atoms with Crippen molar-refractivity contribution >= 4 is 34.6 Å². The second-order valence-corrected chi connectivity index (χ2v) is 5.58. The molecular weight excluding hydrogens is 318 g/mol. The summed E-state index contributed by atoms with van der Waals surface area (Å²) < 4.78 is 0. The van der Waals surface area contributed by atoms with Gasteiger partial charge in [-0.3, -0.25) is 14.9 Å². The van der Waals surface area contributed by atoms with E-state index in [9.17, 15) is 14.9 Å². The third-order valence-corrected chi connectivity index (χ3v) is 3.50. The van der Waals surface area contributed by atoms with E-state index < -0.39 is 4.92 Å². The minimum atomic E-state index is -0.517. The molecule has 0 bridgehead atoms. The molecule has 0 radical (unpaired) electrons. The van der Waals surface area contributed by atoms with E-state index in [0.717, 1.165) is 16.8 Å². The maximum Gasteiger partial charge on any atom is 0.293 e. The zero-order valence-corrected chi connectivity index (χ0v) is 13.5. The van der Waals surface area contributed by atoms with Crippen molar-refractivity contribution < 1.29 is 9.72 Å². The first-order valence-electron chi connectivity index (χ1n) is 6.92. The van der Waals surface area contributed by atoms with Crippen LogP contribution in [0.15, 0.2) is 36.4 Å². The molecule has 2 N–H and O–H groups in total. The Kier molecular flexibility index (Phi) is 5.18. The van der Waals surface area contributed by atoms with Crippen LogP contribution < -0.4 is 10.6 Å². The summed E-state index contributed by atoms with van der Waals surface area (Å²) in [4.78, 5) is 22.5. The Balaban J connectivity index is 2.06. The van der Waals surface area contributed by atoms with Crippen molar-refractivity contribution in [1.29, 1.82) is 0 Å². The summed E-state index contributed by atoms with van der Waals surface area (Å²) in [6, 6.07) is 9.97. The molecule has 0 saturated carbocycles. The summed E-state index contributed by atoms with van der Waals surface area (Å²) in [5.74, 6) is -0.378. The molecule has 0 fully saturated rings. The summed E-state index contributed by atoms with van der Waals surface area (Å²) in [7, 11) is 0. The zero-order chi connectivity index (χ0) is 17.0. The van der Waals surface area contributed by atoms with Crippen molar-refractivity contribution in [1.82, 2.24) is 0 Å². The molecule has 0 atom stereocenters. The van der Waals surface area contributed by atoms with E-state index in [2.05, 4.69) is 10.6 Å². The van der Waals surface area contributed by atoms with Gasteiger partial charge >= 0.3 is 0 Å². The van der Waals surface area contributed by atoms with Crippen LogP contribution in [-0.2, 0) is 4.79 Å². The van der Waals surface area contributed by atoms with Crippen LogP contribution in [0.1, 0.15) is 11.1 Å². The molecule has 0 unspecified atom stereocenters. The highest BCUT2D eigenvalue weighted by atomic mass is 35.5. The van der Waals surface area contributed by atoms with Crippen LogP contribution in [0.3, 0.4) is 0 Å². The molecule has 0 aromatic heterocycles. The normalized spacial score (nSPS) is 10.2. The van der Waals surface area contributed by atoms with E-state index in [1.807, 2.05) is 13.0 Å². The topological polar surface area (TPSA) is 84.3 Å². The summed E-state index contributed by atoms with van der Waals surface area (Å²) >= 11 is 5.92. The molecule has 0 aliphatic heterocycles. The van der Waals surface area contributed by atoms with Crippen molar-refractivity contribution in [2.75, 3.05) is 17.2 Å². The number of rotatable bonds is 5. The first-order chi connectivity index (χ1) is 10.9. The maximum atomic E-state index is 12.0. The van der Waals surface area contributed by atoms with E-state index in [-0.39, 0.29) is 23.8 Å². The molecule has 6 nitrogen and oxygen atoms in total. The highest BCUT2D eigenvalue weighted by Crippen LogP contribution is 2.25. The second-order valence-electron chi connectivity index (χ2n) is 5.14. The fourth-order valence-corrected chi connectivity index (χ4v) is 2.23. The number of carbonyl (C=O) groups is 1. The molecule has 2 rings (SSSR count). The van der Waals surface area contributed by atoms with Gasteiger partial charge in [-0.25, -0.2) is 0 Å². The SMILES string of the molecule is Cc1ccc(NC(=O)CNc2cc(Cl)ccc2C)c([N+](=O)[O-])c1. The second kappa shape index (κ2) is 7.11. The number of nitrogens with one attached hydrogen (secondary N) is 2. The van der Waals surface area contributed by atoms with E-state index in [1.54, 1.807) is 25.1 Å². The molecule has 1 amide bonds. The number of nitro groups is 1. The molecule has 2 aromatic carbocycles. The number of carbonyl (C=O) groups excluding carboxylic acids is 1. The van der Waals surface area contributed by atoms with Gasteiger partial charge < -0.3 is 10.6 Å². The number of hydrogen-bond acceptors (Lipinski definition) is 4. The number of aryl methyl sites for hydroxylation is 2. The van der Waals surface area contributed by atoms with Crippen LogP contribution >= 0.6 is 11.6 Å². The predicted molar refractivity (Wildman–Crippen MR) is 91.1 cm³/mol. The van der Waals surface area contributed by atoms with Gasteiger partial charge in [-0.2, -0.15) is 0 Å². The van der Waals surface area contributed by atoms with Crippen molar-refractivity contribution in [3.8, 4) is 0 Å². The van der Waals surface area contributed by atoms with Gasteiger partial charge in [0.25, 0.3) is 5.69 Å². The van der Waals surface area contributed by atoms with Crippen LogP contribution in [0.4, 0.5) is 17.1 Å². The number of benzene rings is 2. The third-order valence-electron chi connectivity index (χ3n) is 3.26. The van der Waals surface area contributed by atoms with Crippen molar-refractivity contribution in [2.24, 2.45) is 0 Å². The van der Waals surface area contributed by atoms with Crippen LogP contribution in [0.25, 0.3) is 0 Å². The lowest BCUT2D eigenvalue weighted by molar-refractivity contribution is -0.384. The van der Waals surface area contributed by atoms with Gasteiger partial charge in [-0.05, 0) is 43.2 Å². The van der Waals surface area contributed by atoms with Gasteiger partial charge in [0.15, 0.2) is 0 Å². The first-order valence-corrected chi connectivity index (χ1v) is 7.29. The summed E-state index contributed by atoms with van der Waals surface area (Å²) in [6.07, 6.45) is 0. The standard InChI is InChI=1S/C16H16ClN3O3/c1-10-3-6-13(15(7-10)20(22)23)19-16(21)9-18-14-8-12(17)5-4-11(14)2/h3-8,18H,9H2,1-2H3,(H,19,21). The van der Waals surface area contributed by atoms with Crippen LogP contribution in [0.2, 0.25) is 5.02 Å². The van der Waals surface area contributed by atoms with E-state index in [1.165, 1.54) is 12.1 Å². The van der Waals surface area contributed by atoms with Crippen molar-refractivity contribution in [3.63, 3.8) is 0 Å². The Morgan fingerprint density at radius 3 is 2.61 bits per heavy atom. The zero-order valence-electron chi connectivity index (χ0n) is 12.7. The van der Waals surface area contributed by atoms with E-state index >= 15 is 0 Å². The quantitative estimate of drug-likeness (QED) is 0.641. The van der Waals surface area contributed by atoms with Gasteiger partial charge in [0.05, 0.1) is 11.5 Å². The van der Waals surface area contributed by atoms with Crippen LogP contribution in [-0.4, -0.2) is 17.4 Å². The Morgan fingerprint density at radius 2 is 1.91 bits per heavy atom. The maximum absolute atomic E-state index is 12.0. The highest BCUT2D eigenvalue weighted by Gasteiger charge is 2.15. The Morgan fingerprint density at radius 1 is 1.17 bits per heavy atom. The molecule has 0 saturated heterocycles. The lowest BCUT2D eigenvalue weighted by Crippen LogP contribution is -2.22. The number of anilines is 2. The number of nitrogens with zero attached hydrogens (tertiary/aromatic N) is 1. The largest absolute Gasteiger partial charge is 0.376 e. The third kappa shape index (κ3) is 4.43. The molecule has 0 aliphatic carbocycles. The molecule has 7 heteroatoms.